The van der Waals surface area contributed by atoms with E-state index < -0.39 is 0 Å². The monoisotopic (exact) mass is 315 g/mol. The van der Waals surface area contributed by atoms with Crippen molar-refractivity contribution < 1.29 is 9.53 Å². The Morgan fingerprint density at radius 1 is 1.26 bits per heavy atom. The Morgan fingerprint density at radius 2 is 2.04 bits per heavy atom. The fraction of sp³-hybridized carbons (Fsp3) is 0.400. The van der Waals surface area contributed by atoms with Gasteiger partial charge >= 0.3 is 0 Å². The number of carbonyl (C=O) groups is 1. The summed E-state index contributed by atoms with van der Waals surface area (Å²) in [4.78, 5) is 33.5. The summed E-state index contributed by atoms with van der Waals surface area (Å²) in [6, 6.07) is 2.82. The zero-order valence-corrected chi connectivity index (χ0v) is 12.8. The zero-order valence-electron chi connectivity index (χ0n) is 12.8. The van der Waals surface area contributed by atoms with Crippen molar-refractivity contribution in [3.05, 3.63) is 46.8 Å². The van der Waals surface area contributed by atoms with Gasteiger partial charge in [-0.3, -0.25) is 14.6 Å². The first-order valence-corrected chi connectivity index (χ1v) is 7.40. The maximum Gasteiger partial charge on any atom is 0.274 e. The predicted octanol–water partition coefficient (Wildman–Crippen LogP) is 0.254. The van der Waals surface area contributed by atoms with Gasteiger partial charge in [-0.15, -0.1) is 0 Å². The molecule has 0 bridgehead atoms. The van der Waals surface area contributed by atoms with Crippen LogP contribution in [0.15, 0.2) is 35.5 Å². The average molecular weight is 315 g/mol. The van der Waals surface area contributed by atoms with Gasteiger partial charge in [-0.1, -0.05) is 0 Å². The van der Waals surface area contributed by atoms with Gasteiger partial charge in [0.1, 0.15) is 11.8 Å². The molecule has 3 heterocycles. The van der Waals surface area contributed by atoms with Gasteiger partial charge in [-0.2, -0.15) is 5.10 Å². The van der Waals surface area contributed by atoms with E-state index in [2.05, 4.69) is 15.1 Å². The molecule has 1 fully saturated rings. The number of carbonyl (C=O) groups excluding carboxylic acids is 1. The molecular weight excluding hydrogens is 298 g/mol. The molecule has 0 radical (unpaired) electrons. The second-order valence-electron chi connectivity index (χ2n) is 5.33. The number of ether oxygens (including phenoxy) is 1. The number of piperidine rings is 1. The summed E-state index contributed by atoms with van der Waals surface area (Å²) in [6.07, 6.45) is 6.20. The van der Waals surface area contributed by atoms with Crippen molar-refractivity contribution in [3.63, 3.8) is 0 Å². The summed E-state index contributed by atoms with van der Waals surface area (Å²) >= 11 is 0. The van der Waals surface area contributed by atoms with Crippen molar-refractivity contribution in [2.75, 3.05) is 13.1 Å². The Kier molecular flexibility index (Phi) is 4.31. The van der Waals surface area contributed by atoms with E-state index in [0.717, 1.165) is 4.68 Å². The van der Waals surface area contributed by atoms with Gasteiger partial charge in [0.15, 0.2) is 0 Å². The smallest absolute Gasteiger partial charge is 0.274 e. The summed E-state index contributed by atoms with van der Waals surface area (Å²) < 4.78 is 6.92. The summed E-state index contributed by atoms with van der Waals surface area (Å²) in [7, 11) is 1.53. The number of likely N-dealkylation sites (tertiary alicyclic amines) is 1. The van der Waals surface area contributed by atoms with Crippen LogP contribution in [0.2, 0.25) is 0 Å². The number of rotatable bonds is 3. The molecule has 1 aliphatic heterocycles. The van der Waals surface area contributed by atoms with Gasteiger partial charge in [0.2, 0.25) is 5.88 Å². The standard InChI is InChI=1S/C15H17N5O3/c1-19-14(21)3-2-12(18-19)15(22)20-8-4-11(5-9-20)23-13-10-16-6-7-17-13/h2-3,6-7,10-11H,4-5,8-9H2,1H3. The first kappa shape index (κ1) is 15.1. The topological polar surface area (TPSA) is 90.2 Å². The molecule has 8 heteroatoms. The first-order chi connectivity index (χ1) is 11.1. The highest BCUT2D eigenvalue weighted by Crippen LogP contribution is 2.17. The molecule has 8 nitrogen and oxygen atoms in total. The van der Waals surface area contributed by atoms with E-state index in [-0.39, 0.29) is 23.3 Å². The highest BCUT2D eigenvalue weighted by atomic mass is 16.5. The van der Waals surface area contributed by atoms with Gasteiger partial charge < -0.3 is 9.64 Å². The molecule has 0 unspecified atom stereocenters. The number of aryl methyl sites for hydroxylation is 1. The van der Waals surface area contributed by atoms with Crippen molar-refractivity contribution in [1.29, 1.82) is 0 Å². The molecule has 1 amide bonds. The minimum atomic E-state index is -0.238. The lowest BCUT2D eigenvalue weighted by Gasteiger charge is -2.31. The largest absolute Gasteiger partial charge is 0.473 e. The van der Waals surface area contributed by atoms with Crippen LogP contribution in [0.25, 0.3) is 0 Å². The third-order valence-corrected chi connectivity index (χ3v) is 3.74. The zero-order chi connectivity index (χ0) is 16.2. The summed E-state index contributed by atoms with van der Waals surface area (Å²) in [5.74, 6) is 0.329. The van der Waals surface area contributed by atoms with E-state index in [1.54, 1.807) is 23.5 Å². The van der Waals surface area contributed by atoms with Gasteiger partial charge in [0.25, 0.3) is 11.5 Å². The van der Waals surface area contributed by atoms with Crippen LogP contribution in [0.4, 0.5) is 0 Å². The molecule has 1 saturated heterocycles. The van der Waals surface area contributed by atoms with Crippen LogP contribution in [0.3, 0.4) is 0 Å². The highest BCUT2D eigenvalue weighted by Gasteiger charge is 2.25. The molecule has 0 N–H and O–H groups in total. The van der Waals surface area contributed by atoms with E-state index in [1.165, 1.54) is 19.2 Å². The molecule has 0 aliphatic carbocycles. The fourth-order valence-corrected chi connectivity index (χ4v) is 2.47. The van der Waals surface area contributed by atoms with Gasteiger partial charge in [-0.25, -0.2) is 9.67 Å². The quantitative estimate of drug-likeness (QED) is 0.806. The lowest BCUT2D eigenvalue weighted by Crippen LogP contribution is -2.42. The van der Waals surface area contributed by atoms with Crippen molar-refractivity contribution in [2.24, 2.45) is 7.05 Å². The molecule has 120 valence electrons. The van der Waals surface area contributed by atoms with E-state index >= 15 is 0 Å². The van der Waals surface area contributed by atoms with E-state index in [1.807, 2.05) is 0 Å². The van der Waals surface area contributed by atoms with Gasteiger partial charge in [0.05, 0.1) is 6.20 Å². The lowest BCUT2D eigenvalue weighted by molar-refractivity contribution is 0.0579. The van der Waals surface area contributed by atoms with Crippen molar-refractivity contribution >= 4 is 5.91 Å². The molecule has 23 heavy (non-hydrogen) atoms. The minimum absolute atomic E-state index is 0.0174. The van der Waals surface area contributed by atoms with Crippen LogP contribution >= 0.6 is 0 Å². The number of nitrogens with zero attached hydrogens (tertiary/aromatic N) is 5. The summed E-state index contributed by atoms with van der Waals surface area (Å²) in [6.45, 7) is 1.16. The molecule has 3 rings (SSSR count). The summed E-state index contributed by atoms with van der Waals surface area (Å²) in [5, 5.41) is 4.00. The molecule has 1 aliphatic rings. The minimum Gasteiger partial charge on any atom is -0.473 e. The Hall–Kier alpha value is -2.77. The molecule has 2 aromatic rings. The first-order valence-electron chi connectivity index (χ1n) is 7.40. The third-order valence-electron chi connectivity index (χ3n) is 3.74. The predicted molar refractivity (Wildman–Crippen MR) is 81.1 cm³/mol. The Morgan fingerprint density at radius 3 is 2.70 bits per heavy atom. The van der Waals surface area contributed by atoms with Gasteiger partial charge in [0, 0.05) is 51.4 Å². The Bertz CT molecular complexity index is 738. The number of hydrogen-bond donors (Lipinski definition) is 0. The summed E-state index contributed by atoms with van der Waals surface area (Å²) in [5.41, 5.74) is 0.0398. The second kappa shape index (κ2) is 6.55. The van der Waals surface area contributed by atoms with E-state index in [9.17, 15) is 9.59 Å². The maximum atomic E-state index is 12.4. The number of amides is 1. The van der Waals surface area contributed by atoms with Crippen LogP contribution in [0, 0.1) is 0 Å². The average Bonchev–Trinajstić information content (AvgIpc) is 2.58. The third kappa shape index (κ3) is 3.53. The SMILES string of the molecule is Cn1nc(C(=O)N2CCC(Oc3cnccn3)CC2)ccc1=O. The van der Waals surface area contributed by atoms with Crippen LogP contribution < -0.4 is 10.3 Å². The molecule has 0 saturated carbocycles. The van der Waals surface area contributed by atoms with E-state index in [4.69, 9.17) is 4.74 Å². The number of aromatic nitrogens is 4. The van der Waals surface area contributed by atoms with Crippen LogP contribution in [0.5, 0.6) is 5.88 Å². The molecular formula is C15H17N5O3. The lowest BCUT2D eigenvalue weighted by atomic mass is 10.1. The highest BCUT2D eigenvalue weighted by molar-refractivity contribution is 5.92. The molecule has 2 aromatic heterocycles. The molecule has 0 atom stereocenters. The van der Waals surface area contributed by atoms with Gasteiger partial charge in [-0.05, 0) is 6.07 Å². The molecule has 0 aromatic carbocycles. The van der Waals surface area contributed by atoms with Crippen LogP contribution in [0.1, 0.15) is 23.3 Å². The van der Waals surface area contributed by atoms with Crippen LogP contribution in [-0.2, 0) is 7.05 Å². The normalized spacial score (nSPS) is 15.4. The van der Waals surface area contributed by atoms with Crippen LogP contribution in [-0.4, -0.2) is 49.7 Å². The second-order valence-corrected chi connectivity index (χ2v) is 5.33. The Balaban J connectivity index is 1.59. The molecule has 0 spiro atoms. The van der Waals surface area contributed by atoms with E-state index in [0.29, 0.717) is 31.8 Å². The van der Waals surface area contributed by atoms with Crippen molar-refractivity contribution in [1.82, 2.24) is 24.6 Å². The van der Waals surface area contributed by atoms with Crippen molar-refractivity contribution in [3.8, 4) is 5.88 Å². The number of hydrogen-bond acceptors (Lipinski definition) is 6. The Labute approximate surface area is 132 Å². The van der Waals surface area contributed by atoms with Crippen molar-refractivity contribution in [2.45, 2.75) is 18.9 Å². The fourth-order valence-electron chi connectivity index (χ4n) is 2.47. The maximum absolute atomic E-state index is 12.4.